The lowest BCUT2D eigenvalue weighted by Gasteiger charge is -2.06. The van der Waals surface area contributed by atoms with Crippen LogP contribution in [0.5, 0.6) is 5.75 Å². The van der Waals surface area contributed by atoms with Crippen LogP contribution in [0, 0.1) is 6.92 Å². The summed E-state index contributed by atoms with van der Waals surface area (Å²) in [5.74, 6) is 0.550. The monoisotopic (exact) mass is 241 g/mol. The summed E-state index contributed by atoms with van der Waals surface area (Å²) in [6.45, 7) is 1.91. The van der Waals surface area contributed by atoms with E-state index in [-0.39, 0.29) is 0 Å². The van der Waals surface area contributed by atoms with E-state index in [1.165, 1.54) is 13.2 Å². The Balaban J connectivity index is 3.37. The molecule has 0 bridgehead atoms. The average Bonchev–Trinajstić information content (AvgIpc) is 2.04. The standard InChI is InChI=1S/C9H8BrNO2/c1-6-3-7(10)9(13-2)8(4-6)11-5-12/h3-4H,1-2H3. The Hall–Kier alpha value is -1.12. The lowest BCUT2D eigenvalue weighted by Crippen LogP contribution is -1.86. The topological polar surface area (TPSA) is 38.7 Å². The van der Waals surface area contributed by atoms with Crippen molar-refractivity contribution in [3.05, 3.63) is 22.2 Å². The number of hydrogen-bond donors (Lipinski definition) is 0. The number of methoxy groups -OCH3 is 1. The first kappa shape index (κ1) is 9.96. The van der Waals surface area contributed by atoms with Crippen LogP contribution in [0.3, 0.4) is 0 Å². The third-order valence-corrected chi connectivity index (χ3v) is 2.13. The molecule has 0 aromatic heterocycles. The third-order valence-electron chi connectivity index (χ3n) is 1.54. The summed E-state index contributed by atoms with van der Waals surface area (Å²) in [5, 5.41) is 0. The maximum Gasteiger partial charge on any atom is 0.240 e. The molecule has 3 nitrogen and oxygen atoms in total. The van der Waals surface area contributed by atoms with Crippen molar-refractivity contribution < 1.29 is 9.53 Å². The molecule has 0 amide bonds. The minimum atomic E-state index is 0.490. The molecule has 1 aromatic rings. The first-order chi connectivity index (χ1) is 6.19. The molecule has 1 rings (SSSR count). The van der Waals surface area contributed by atoms with E-state index in [1.807, 2.05) is 13.0 Å². The Kier molecular flexibility index (Phi) is 3.23. The van der Waals surface area contributed by atoms with E-state index in [1.54, 1.807) is 6.07 Å². The van der Waals surface area contributed by atoms with Gasteiger partial charge in [-0.25, -0.2) is 4.79 Å². The van der Waals surface area contributed by atoms with E-state index in [2.05, 4.69) is 20.9 Å². The summed E-state index contributed by atoms with van der Waals surface area (Å²) in [4.78, 5) is 13.6. The second kappa shape index (κ2) is 4.21. The molecular weight excluding hydrogens is 234 g/mol. The van der Waals surface area contributed by atoms with Crippen molar-refractivity contribution >= 4 is 27.7 Å². The summed E-state index contributed by atoms with van der Waals surface area (Å²) in [6, 6.07) is 3.65. The van der Waals surface area contributed by atoms with Gasteiger partial charge < -0.3 is 4.74 Å². The molecule has 0 fully saturated rings. The molecule has 0 radical (unpaired) electrons. The molecule has 0 atom stereocenters. The van der Waals surface area contributed by atoms with E-state index in [0.717, 1.165) is 10.0 Å². The quantitative estimate of drug-likeness (QED) is 0.590. The van der Waals surface area contributed by atoms with Crippen LogP contribution < -0.4 is 4.74 Å². The highest BCUT2D eigenvalue weighted by Gasteiger charge is 2.07. The molecule has 0 saturated carbocycles. The number of aliphatic imine (C=N–C) groups is 1. The predicted molar refractivity (Wildman–Crippen MR) is 53.2 cm³/mol. The number of rotatable bonds is 2. The van der Waals surface area contributed by atoms with Gasteiger partial charge in [-0.05, 0) is 40.5 Å². The van der Waals surface area contributed by atoms with Crippen molar-refractivity contribution in [2.45, 2.75) is 6.92 Å². The van der Waals surface area contributed by atoms with Crippen LogP contribution in [-0.2, 0) is 4.79 Å². The molecule has 0 aliphatic rings. The molecule has 0 spiro atoms. The summed E-state index contributed by atoms with van der Waals surface area (Å²) in [5.41, 5.74) is 1.49. The van der Waals surface area contributed by atoms with Crippen molar-refractivity contribution in [1.29, 1.82) is 0 Å². The Morgan fingerprint density at radius 3 is 2.77 bits per heavy atom. The summed E-state index contributed by atoms with van der Waals surface area (Å²) >= 11 is 3.31. The molecule has 4 heteroatoms. The zero-order chi connectivity index (χ0) is 9.84. The second-order valence-corrected chi connectivity index (χ2v) is 3.36. The Morgan fingerprint density at radius 2 is 2.23 bits per heavy atom. The number of isocyanates is 1. The maximum atomic E-state index is 10.1. The largest absolute Gasteiger partial charge is 0.493 e. The number of aryl methyl sites for hydroxylation is 1. The van der Waals surface area contributed by atoms with Gasteiger partial charge in [-0.1, -0.05) is 0 Å². The summed E-state index contributed by atoms with van der Waals surface area (Å²) in [7, 11) is 1.53. The van der Waals surface area contributed by atoms with Gasteiger partial charge in [0.25, 0.3) is 0 Å². The van der Waals surface area contributed by atoms with Gasteiger partial charge in [0.1, 0.15) is 5.69 Å². The lowest BCUT2D eigenvalue weighted by molar-refractivity contribution is 0.413. The molecule has 68 valence electrons. The maximum absolute atomic E-state index is 10.1. The van der Waals surface area contributed by atoms with Gasteiger partial charge >= 0.3 is 0 Å². The first-order valence-electron chi connectivity index (χ1n) is 3.61. The lowest BCUT2D eigenvalue weighted by atomic mass is 10.2. The minimum absolute atomic E-state index is 0.490. The van der Waals surface area contributed by atoms with E-state index >= 15 is 0 Å². The third kappa shape index (κ3) is 2.17. The number of nitrogens with zero attached hydrogens (tertiary/aromatic N) is 1. The fourth-order valence-corrected chi connectivity index (χ4v) is 1.77. The average molecular weight is 242 g/mol. The fraction of sp³-hybridized carbons (Fsp3) is 0.222. The predicted octanol–water partition coefficient (Wildman–Crippen LogP) is 2.73. The van der Waals surface area contributed by atoms with Crippen LogP contribution in [0.1, 0.15) is 5.56 Å². The SMILES string of the molecule is COc1c(Br)cc(C)cc1N=C=O. The first-order valence-corrected chi connectivity index (χ1v) is 4.40. The molecule has 1 aromatic carbocycles. The fourth-order valence-electron chi connectivity index (χ4n) is 1.04. The van der Waals surface area contributed by atoms with Crippen molar-refractivity contribution in [1.82, 2.24) is 0 Å². The summed E-state index contributed by atoms with van der Waals surface area (Å²) < 4.78 is 5.85. The van der Waals surface area contributed by atoms with Crippen molar-refractivity contribution in [3.63, 3.8) is 0 Å². The number of hydrogen-bond acceptors (Lipinski definition) is 3. The van der Waals surface area contributed by atoms with Gasteiger partial charge in [0, 0.05) is 0 Å². The second-order valence-electron chi connectivity index (χ2n) is 2.50. The van der Waals surface area contributed by atoms with Crippen LogP contribution in [0.15, 0.2) is 21.6 Å². The molecule has 0 unspecified atom stereocenters. The van der Waals surface area contributed by atoms with Gasteiger partial charge in [0.2, 0.25) is 6.08 Å². The highest BCUT2D eigenvalue weighted by atomic mass is 79.9. The van der Waals surface area contributed by atoms with Crippen molar-refractivity contribution in [2.75, 3.05) is 7.11 Å². The Labute approximate surface area is 84.6 Å². The summed E-state index contributed by atoms with van der Waals surface area (Å²) in [6.07, 6.45) is 1.49. The van der Waals surface area contributed by atoms with Crippen LogP contribution in [0.2, 0.25) is 0 Å². The van der Waals surface area contributed by atoms with Gasteiger partial charge in [0.05, 0.1) is 11.6 Å². The molecule has 0 N–H and O–H groups in total. The van der Waals surface area contributed by atoms with Crippen LogP contribution in [-0.4, -0.2) is 13.2 Å². The van der Waals surface area contributed by atoms with Crippen LogP contribution in [0.4, 0.5) is 5.69 Å². The molecule has 0 saturated heterocycles. The zero-order valence-corrected chi connectivity index (χ0v) is 8.88. The van der Waals surface area contributed by atoms with E-state index < -0.39 is 0 Å². The van der Waals surface area contributed by atoms with Gasteiger partial charge in [-0.2, -0.15) is 4.99 Å². The zero-order valence-electron chi connectivity index (χ0n) is 7.30. The van der Waals surface area contributed by atoms with Crippen molar-refractivity contribution in [2.24, 2.45) is 4.99 Å². The Bertz CT molecular complexity index is 370. The Morgan fingerprint density at radius 1 is 1.54 bits per heavy atom. The molecule has 0 heterocycles. The number of halogens is 1. The highest BCUT2D eigenvalue weighted by Crippen LogP contribution is 2.35. The van der Waals surface area contributed by atoms with Crippen LogP contribution in [0.25, 0.3) is 0 Å². The van der Waals surface area contributed by atoms with E-state index in [4.69, 9.17) is 4.74 Å². The smallest absolute Gasteiger partial charge is 0.240 e. The molecule has 13 heavy (non-hydrogen) atoms. The van der Waals surface area contributed by atoms with Gasteiger partial charge in [-0.15, -0.1) is 0 Å². The number of carbonyl (C=O) groups excluding carboxylic acids is 1. The minimum Gasteiger partial charge on any atom is -0.493 e. The number of benzene rings is 1. The van der Waals surface area contributed by atoms with E-state index in [9.17, 15) is 4.79 Å². The number of ether oxygens (including phenoxy) is 1. The van der Waals surface area contributed by atoms with Gasteiger partial charge in [-0.3, -0.25) is 0 Å². The molecular formula is C9H8BrNO2. The van der Waals surface area contributed by atoms with Crippen molar-refractivity contribution in [3.8, 4) is 5.75 Å². The normalized spacial score (nSPS) is 9.15. The van der Waals surface area contributed by atoms with Gasteiger partial charge in [0.15, 0.2) is 5.75 Å². The molecule has 0 aliphatic carbocycles. The molecule has 0 aliphatic heterocycles. The van der Waals surface area contributed by atoms with Crippen LogP contribution >= 0.6 is 15.9 Å². The van der Waals surface area contributed by atoms with E-state index in [0.29, 0.717) is 11.4 Å². The highest BCUT2D eigenvalue weighted by molar-refractivity contribution is 9.10.